The van der Waals surface area contributed by atoms with Gasteiger partial charge in [0.25, 0.3) is 0 Å². The summed E-state index contributed by atoms with van der Waals surface area (Å²) in [5.41, 5.74) is 2.51. The first-order chi connectivity index (χ1) is 9.24. The molecule has 0 aliphatic rings. The minimum Gasteiger partial charge on any atom is -0.489 e. The van der Waals surface area contributed by atoms with Crippen molar-refractivity contribution in [3.63, 3.8) is 0 Å². The molecule has 4 nitrogen and oxygen atoms in total. The fraction of sp³-hybridized carbons (Fsp3) is 0.143. The number of rotatable bonds is 3. The lowest BCUT2D eigenvalue weighted by Gasteiger charge is -2.05. The zero-order valence-electron chi connectivity index (χ0n) is 10.4. The summed E-state index contributed by atoms with van der Waals surface area (Å²) >= 11 is 6.11. The molecule has 0 amide bonds. The van der Waals surface area contributed by atoms with Crippen LogP contribution in [0.3, 0.4) is 0 Å². The minimum absolute atomic E-state index is 0.417. The van der Waals surface area contributed by atoms with Gasteiger partial charge in [-0.25, -0.2) is 9.50 Å². The summed E-state index contributed by atoms with van der Waals surface area (Å²) in [7, 11) is 0. The summed E-state index contributed by atoms with van der Waals surface area (Å²) in [5, 5.41) is 4.76. The molecule has 3 rings (SSSR count). The van der Waals surface area contributed by atoms with Gasteiger partial charge >= 0.3 is 0 Å². The topological polar surface area (TPSA) is 39.4 Å². The van der Waals surface area contributed by atoms with E-state index in [0.717, 1.165) is 22.7 Å². The molecule has 0 spiro atoms. The van der Waals surface area contributed by atoms with Crippen LogP contribution in [0.15, 0.2) is 42.6 Å². The monoisotopic (exact) mass is 273 g/mol. The number of hydrogen-bond donors (Lipinski definition) is 0. The van der Waals surface area contributed by atoms with Gasteiger partial charge in [0.2, 0.25) is 0 Å². The van der Waals surface area contributed by atoms with Gasteiger partial charge in [-0.05, 0) is 25.1 Å². The fourth-order valence-electron chi connectivity index (χ4n) is 1.86. The number of ether oxygens (including phenoxy) is 1. The van der Waals surface area contributed by atoms with Crippen molar-refractivity contribution in [3.8, 4) is 5.75 Å². The van der Waals surface area contributed by atoms with Crippen LogP contribution in [0.5, 0.6) is 5.75 Å². The van der Waals surface area contributed by atoms with Crippen molar-refractivity contribution < 1.29 is 4.74 Å². The Bertz CT molecular complexity index is 709. The van der Waals surface area contributed by atoms with Crippen LogP contribution in [0, 0.1) is 6.92 Å². The second-order valence-corrected chi connectivity index (χ2v) is 4.61. The molecular formula is C14H12ClN3O. The number of halogens is 1. The number of nitrogens with zero attached hydrogens (tertiary/aromatic N) is 3. The van der Waals surface area contributed by atoms with Crippen LogP contribution in [-0.4, -0.2) is 14.6 Å². The highest BCUT2D eigenvalue weighted by atomic mass is 35.5. The molecule has 19 heavy (non-hydrogen) atoms. The summed E-state index contributed by atoms with van der Waals surface area (Å²) in [6.45, 7) is 2.32. The number of aryl methyl sites for hydroxylation is 1. The van der Waals surface area contributed by atoms with Crippen molar-refractivity contribution in [2.24, 2.45) is 0 Å². The van der Waals surface area contributed by atoms with Gasteiger partial charge in [-0.2, -0.15) is 5.10 Å². The molecule has 96 valence electrons. The maximum Gasteiger partial charge on any atom is 0.163 e. The quantitative estimate of drug-likeness (QED) is 0.688. The van der Waals surface area contributed by atoms with Crippen molar-refractivity contribution in [3.05, 3.63) is 59.0 Å². The van der Waals surface area contributed by atoms with Crippen LogP contribution in [0.1, 0.15) is 11.3 Å². The second-order valence-electron chi connectivity index (χ2n) is 4.23. The standard InChI is InChI=1S/C14H12ClN3O/c1-10-7-13(15)18-14(17-10)11(8-16-18)9-19-12-5-3-2-4-6-12/h2-8H,9H2,1H3. The molecule has 0 saturated carbocycles. The van der Waals surface area contributed by atoms with Gasteiger partial charge in [-0.15, -0.1) is 0 Å². The van der Waals surface area contributed by atoms with Crippen molar-refractivity contribution >= 4 is 17.2 Å². The number of benzene rings is 1. The summed E-state index contributed by atoms with van der Waals surface area (Å²) in [5.74, 6) is 0.820. The van der Waals surface area contributed by atoms with Crippen LogP contribution in [0.25, 0.3) is 5.65 Å². The van der Waals surface area contributed by atoms with Crippen LogP contribution in [0.4, 0.5) is 0 Å². The highest BCUT2D eigenvalue weighted by Gasteiger charge is 2.09. The largest absolute Gasteiger partial charge is 0.489 e. The van der Waals surface area contributed by atoms with Crippen molar-refractivity contribution in [1.82, 2.24) is 14.6 Å². The average molecular weight is 274 g/mol. The van der Waals surface area contributed by atoms with Crippen molar-refractivity contribution in [2.45, 2.75) is 13.5 Å². The zero-order chi connectivity index (χ0) is 13.2. The molecule has 2 aromatic heterocycles. The summed E-state index contributed by atoms with van der Waals surface area (Å²) in [4.78, 5) is 4.44. The SMILES string of the molecule is Cc1cc(Cl)n2ncc(COc3ccccc3)c2n1. The molecule has 0 unspecified atom stereocenters. The number of fused-ring (bicyclic) bond motifs is 1. The molecule has 0 aliphatic carbocycles. The minimum atomic E-state index is 0.417. The highest BCUT2D eigenvalue weighted by molar-refractivity contribution is 6.29. The summed E-state index contributed by atoms with van der Waals surface area (Å²) in [6.07, 6.45) is 1.73. The molecule has 1 aromatic carbocycles. The first-order valence-electron chi connectivity index (χ1n) is 5.91. The molecule has 0 saturated heterocycles. The fourth-order valence-corrected chi connectivity index (χ4v) is 2.15. The van der Waals surface area contributed by atoms with Gasteiger partial charge < -0.3 is 4.74 Å². The molecule has 5 heteroatoms. The molecule has 0 fully saturated rings. The Labute approximate surface area is 115 Å². The first-order valence-corrected chi connectivity index (χ1v) is 6.29. The molecule has 0 bridgehead atoms. The second kappa shape index (κ2) is 4.90. The maximum atomic E-state index is 6.11. The lowest BCUT2D eigenvalue weighted by Crippen LogP contribution is -1.98. The van der Waals surface area contributed by atoms with E-state index in [2.05, 4.69) is 10.1 Å². The van der Waals surface area contributed by atoms with Gasteiger partial charge in [0.1, 0.15) is 17.5 Å². The zero-order valence-corrected chi connectivity index (χ0v) is 11.1. The summed E-state index contributed by atoms with van der Waals surface area (Å²) < 4.78 is 7.31. The molecule has 0 radical (unpaired) electrons. The lowest BCUT2D eigenvalue weighted by molar-refractivity contribution is 0.307. The molecular weight excluding hydrogens is 262 g/mol. The number of hydrogen-bond acceptors (Lipinski definition) is 3. The Morgan fingerprint density at radius 1 is 1.26 bits per heavy atom. The third-order valence-electron chi connectivity index (χ3n) is 2.77. The Balaban J connectivity index is 1.89. The van der Waals surface area contributed by atoms with Gasteiger partial charge in [-0.1, -0.05) is 29.8 Å². The first kappa shape index (κ1) is 12.0. The molecule has 0 atom stereocenters. The van der Waals surface area contributed by atoms with Gasteiger partial charge in [0, 0.05) is 5.69 Å². The Morgan fingerprint density at radius 2 is 2.05 bits per heavy atom. The summed E-state index contributed by atoms with van der Waals surface area (Å²) in [6, 6.07) is 11.4. The molecule has 0 aliphatic heterocycles. The predicted octanol–water partition coefficient (Wildman–Crippen LogP) is 3.27. The van der Waals surface area contributed by atoms with E-state index in [1.807, 2.05) is 37.3 Å². The molecule has 2 heterocycles. The van der Waals surface area contributed by atoms with E-state index in [-0.39, 0.29) is 0 Å². The van der Waals surface area contributed by atoms with E-state index in [0.29, 0.717) is 11.8 Å². The smallest absolute Gasteiger partial charge is 0.163 e. The third kappa shape index (κ3) is 2.39. The number of para-hydroxylation sites is 1. The average Bonchev–Trinajstić information content (AvgIpc) is 2.81. The lowest BCUT2D eigenvalue weighted by atomic mass is 10.3. The van der Waals surface area contributed by atoms with Crippen LogP contribution in [-0.2, 0) is 6.61 Å². The van der Waals surface area contributed by atoms with Gasteiger partial charge in [0.15, 0.2) is 5.65 Å². The van der Waals surface area contributed by atoms with E-state index in [9.17, 15) is 0 Å². The van der Waals surface area contributed by atoms with Crippen molar-refractivity contribution in [1.29, 1.82) is 0 Å². The van der Waals surface area contributed by atoms with E-state index < -0.39 is 0 Å². The van der Waals surface area contributed by atoms with E-state index in [1.54, 1.807) is 16.8 Å². The highest BCUT2D eigenvalue weighted by Crippen LogP contribution is 2.18. The van der Waals surface area contributed by atoms with E-state index in [4.69, 9.17) is 16.3 Å². The van der Waals surface area contributed by atoms with Gasteiger partial charge in [-0.3, -0.25) is 0 Å². The third-order valence-corrected chi connectivity index (χ3v) is 3.04. The Morgan fingerprint density at radius 3 is 2.84 bits per heavy atom. The normalized spacial score (nSPS) is 10.8. The maximum absolute atomic E-state index is 6.11. The van der Waals surface area contributed by atoms with Gasteiger partial charge in [0.05, 0.1) is 11.8 Å². The Kier molecular flexibility index (Phi) is 3.09. The Hall–Kier alpha value is -2.07. The predicted molar refractivity (Wildman–Crippen MR) is 73.5 cm³/mol. The van der Waals surface area contributed by atoms with E-state index in [1.165, 1.54) is 0 Å². The number of aromatic nitrogens is 3. The van der Waals surface area contributed by atoms with Crippen LogP contribution >= 0.6 is 11.6 Å². The molecule has 3 aromatic rings. The van der Waals surface area contributed by atoms with E-state index >= 15 is 0 Å². The molecule has 0 N–H and O–H groups in total. The van der Waals surface area contributed by atoms with Crippen LogP contribution in [0.2, 0.25) is 5.15 Å². The van der Waals surface area contributed by atoms with Crippen molar-refractivity contribution in [2.75, 3.05) is 0 Å². The van der Waals surface area contributed by atoms with Crippen LogP contribution < -0.4 is 4.74 Å².